The number of nitrogens with one attached hydrogen (secondary N) is 1. The Morgan fingerprint density at radius 1 is 1.15 bits per heavy atom. The van der Waals surface area contributed by atoms with E-state index in [1.165, 1.54) is 16.7 Å². The van der Waals surface area contributed by atoms with Gasteiger partial charge in [-0.2, -0.15) is 0 Å². The summed E-state index contributed by atoms with van der Waals surface area (Å²) in [5.74, 6) is 0. The zero-order valence-electron chi connectivity index (χ0n) is 12.0. The van der Waals surface area contributed by atoms with E-state index in [4.69, 9.17) is 0 Å². The molecule has 1 heterocycles. The quantitative estimate of drug-likeness (QED) is 0.863. The molecule has 3 rings (SSSR count). The number of hydrogen-bond donors (Lipinski definition) is 1. The Kier molecular flexibility index (Phi) is 3.47. The first-order chi connectivity index (χ1) is 9.65. The lowest BCUT2D eigenvalue weighted by molar-refractivity contribution is 0.343. The van der Waals surface area contributed by atoms with Crippen LogP contribution in [0.25, 0.3) is 0 Å². The van der Waals surface area contributed by atoms with Crippen LogP contribution in [0.1, 0.15) is 34.0 Å². The number of anilines is 1. The van der Waals surface area contributed by atoms with E-state index in [2.05, 4.69) is 37.4 Å². The number of alkyl halides is 1. The van der Waals surface area contributed by atoms with Crippen molar-refractivity contribution in [2.45, 2.75) is 32.9 Å². The molecule has 0 saturated carbocycles. The summed E-state index contributed by atoms with van der Waals surface area (Å²) in [5, 5.41) is 3.32. The van der Waals surface area contributed by atoms with E-state index in [9.17, 15) is 4.39 Å². The second kappa shape index (κ2) is 5.28. The van der Waals surface area contributed by atoms with E-state index in [1.54, 1.807) is 0 Å². The van der Waals surface area contributed by atoms with Gasteiger partial charge in [0.25, 0.3) is 0 Å². The van der Waals surface area contributed by atoms with Crippen molar-refractivity contribution in [2.75, 3.05) is 11.9 Å². The van der Waals surface area contributed by atoms with Crippen LogP contribution in [0.15, 0.2) is 36.4 Å². The second-order valence-corrected chi connectivity index (χ2v) is 5.65. The highest BCUT2D eigenvalue weighted by Crippen LogP contribution is 2.34. The molecule has 0 saturated heterocycles. The molecular formula is C18H20FN. The van der Waals surface area contributed by atoms with Crippen LogP contribution in [0.4, 0.5) is 10.1 Å². The zero-order chi connectivity index (χ0) is 14.1. The lowest BCUT2D eigenvalue weighted by Gasteiger charge is -2.14. The third kappa shape index (κ3) is 2.43. The minimum atomic E-state index is -0.947. The Morgan fingerprint density at radius 3 is 2.80 bits per heavy atom. The van der Waals surface area contributed by atoms with Crippen molar-refractivity contribution in [1.82, 2.24) is 0 Å². The fourth-order valence-electron chi connectivity index (χ4n) is 2.87. The van der Waals surface area contributed by atoms with Crippen LogP contribution in [0.5, 0.6) is 0 Å². The molecule has 0 aromatic heterocycles. The number of halogens is 1. The first-order valence-electron chi connectivity index (χ1n) is 7.21. The standard InChI is InChI=1S/C18H20FN/c1-12-6-7-14(10-13(12)2)11-17(19)16-5-3-4-15-8-9-20-18(15)16/h3-7,10,17,20H,8-9,11H2,1-2H3. The number of fused-ring (bicyclic) bond motifs is 1. The molecule has 0 amide bonds. The lowest BCUT2D eigenvalue weighted by atomic mass is 9.97. The predicted molar refractivity (Wildman–Crippen MR) is 82.1 cm³/mol. The first kappa shape index (κ1) is 13.2. The summed E-state index contributed by atoms with van der Waals surface area (Å²) in [6, 6.07) is 12.2. The van der Waals surface area contributed by atoms with Crippen LogP contribution < -0.4 is 5.32 Å². The number of hydrogen-bond acceptors (Lipinski definition) is 1. The molecule has 0 spiro atoms. The molecule has 2 heteroatoms. The summed E-state index contributed by atoms with van der Waals surface area (Å²) in [4.78, 5) is 0. The minimum absolute atomic E-state index is 0.444. The average molecular weight is 269 g/mol. The maximum absolute atomic E-state index is 14.7. The van der Waals surface area contributed by atoms with Gasteiger partial charge in [-0.15, -0.1) is 0 Å². The summed E-state index contributed by atoms with van der Waals surface area (Å²) in [6.07, 6.45) is 0.497. The van der Waals surface area contributed by atoms with Crippen molar-refractivity contribution in [1.29, 1.82) is 0 Å². The van der Waals surface area contributed by atoms with Gasteiger partial charge in [-0.3, -0.25) is 0 Å². The van der Waals surface area contributed by atoms with Gasteiger partial charge < -0.3 is 5.32 Å². The highest BCUT2D eigenvalue weighted by atomic mass is 19.1. The van der Waals surface area contributed by atoms with Crippen molar-refractivity contribution in [3.8, 4) is 0 Å². The molecule has 2 aromatic carbocycles. The molecule has 104 valence electrons. The lowest BCUT2D eigenvalue weighted by Crippen LogP contribution is -2.02. The van der Waals surface area contributed by atoms with E-state index in [0.717, 1.165) is 29.8 Å². The van der Waals surface area contributed by atoms with Crippen molar-refractivity contribution >= 4 is 5.69 Å². The average Bonchev–Trinajstić information content (AvgIpc) is 2.91. The molecular weight excluding hydrogens is 249 g/mol. The molecule has 1 aliphatic heterocycles. The molecule has 20 heavy (non-hydrogen) atoms. The maximum Gasteiger partial charge on any atom is 0.131 e. The Hall–Kier alpha value is -1.83. The molecule has 2 aromatic rings. The van der Waals surface area contributed by atoms with Gasteiger partial charge in [0.1, 0.15) is 6.17 Å². The largest absolute Gasteiger partial charge is 0.384 e. The smallest absolute Gasteiger partial charge is 0.131 e. The molecule has 1 aliphatic rings. The fourth-order valence-corrected chi connectivity index (χ4v) is 2.87. The topological polar surface area (TPSA) is 12.0 Å². The monoisotopic (exact) mass is 269 g/mol. The van der Waals surface area contributed by atoms with Crippen LogP contribution in [0, 0.1) is 13.8 Å². The third-order valence-corrected chi connectivity index (χ3v) is 4.20. The number of aryl methyl sites for hydroxylation is 2. The Labute approximate surface area is 119 Å². The van der Waals surface area contributed by atoms with E-state index >= 15 is 0 Å². The van der Waals surface area contributed by atoms with E-state index < -0.39 is 6.17 Å². The molecule has 0 aliphatic carbocycles. The van der Waals surface area contributed by atoms with Crippen molar-refractivity contribution in [3.05, 3.63) is 64.2 Å². The molecule has 1 atom stereocenters. The number of para-hydroxylation sites is 1. The fraction of sp³-hybridized carbons (Fsp3) is 0.333. The summed E-state index contributed by atoms with van der Waals surface area (Å²) in [6.45, 7) is 5.08. The van der Waals surface area contributed by atoms with Crippen LogP contribution in [0.2, 0.25) is 0 Å². The molecule has 1 N–H and O–H groups in total. The van der Waals surface area contributed by atoms with Gasteiger partial charge in [-0.05, 0) is 42.5 Å². The van der Waals surface area contributed by atoms with Crippen LogP contribution in [0.3, 0.4) is 0 Å². The number of rotatable bonds is 3. The Balaban J connectivity index is 1.84. The van der Waals surface area contributed by atoms with E-state index in [-0.39, 0.29) is 0 Å². The highest BCUT2D eigenvalue weighted by molar-refractivity contribution is 5.62. The van der Waals surface area contributed by atoms with E-state index in [0.29, 0.717) is 6.42 Å². The summed E-state index contributed by atoms with van der Waals surface area (Å²) >= 11 is 0. The third-order valence-electron chi connectivity index (χ3n) is 4.20. The molecule has 0 radical (unpaired) electrons. The van der Waals surface area contributed by atoms with Crippen LogP contribution in [-0.4, -0.2) is 6.54 Å². The van der Waals surface area contributed by atoms with Crippen LogP contribution in [-0.2, 0) is 12.8 Å². The number of benzene rings is 2. The van der Waals surface area contributed by atoms with Gasteiger partial charge in [0.05, 0.1) is 0 Å². The summed E-state index contributed by atoms with van der Waals surface area (Å²) < 4.78 is 14.7. The van der Waals surface area contributed by atoms with Gasteiger partial charge in [0, 0.05) is 24.2 Å². The normalized spacial score (nSPS) is 14.8. The van der Waals surface area contributed by atoms with Crippen molar-refractivity contribution in [2.24, 2.45) is 0 Å². The molecule has 0 bridgehead atoms. The summed E-state index contributed by atoms with van der Waals surface area (Å²) in [7, 11) is 0. The van der Waals surface area contributed by atoms with Crippen molar-refractivity contribution in [3.63, 3.8) is 0 Å². The minimum Gasteiger partial charge on any atom is -0.384 e. The summed E-state index contributed by atoms with van der Waals surface area (Å²) in [5.41, 5.74) is 6.61. The van der Waals surface area contributed by atoms with Crippen molar-refractivity contribution < 1.29 is 4.39 Å². The highest BCUT2D eigenvalue weighted by Gasteiger charge is 2.20. The second-order valence-electron chi connectivity index (χ2n) is 5.65. The first-order valence-corrected chi connectivity index (χ1v) is 7.21. The molecule has 1 nitrogen and oxygen atoms in total. The predicted octanol–water partition coefficient (Wildman–Crippen LogP) is 4.52. The zero-order valence-corrected chi connectivity index (χ0v) is 12.0. The maximum atomic E-state index is 14.7. The van der Waals surface area contributed by atoms with Crippen LogP contribution >= 0.6 is 0 Å². The van der Waals surface area contributed by atoms with Gasteiger partial charge in [-0.1, -0.05) is 36.4 Å². The molecule has 1 unspecified atom stereocenters. The Bertz CT molecular complexity index is 633. The molecule has 0 fully saturated rings. The van der Waals surface area contributed by atoms with Gasteiger partial charge >= 0.3 is 0 Å². The Morgan fingerprint density at radius 2 is 2.00 bits per heavy atom. The SMILES string of the molecule is Cc1ccc(CC(F)c2cccc3c2NCC3)cc1C. The van der Waals surface area contributed by atoms with E-state index in [1.807, 2.05) is 18.2 Å². The van der Waals surface area contributed by atoms with Gasteiger partial charge in [0.2, 0.25) is 0 Å². The van der Waals surface area contributed by atoms with Gasteiger partial charge in [0.15, 0.2) is 0 Å². The van der Waals surface area contributed by atoms with Gasteiger partial charge in [-0.25, -0.2) is 4.39 Å².